The van der Waals surface area contributed by atoms with E-state index in [1.54, 1.807) is 6.20 Å². The van der Waals surface area contributed by atoms with Gasteiger partial charge < -0.3 is 9.47 Å². The van der Waals surface area contributed by atoms with Crippen LogP contribution in [0.5, 0.6) is 0 Å². The number of aromatic nitrogens is 1. The molecule has 2 atom stereocenters. The predicted molar refractivity (Wildman–Crippen MR) is 108 cm³/mol. The van der Waals surface area contributed by atoms with Gasteiger partial charge in [-0.05, 0) is 23.3 Å². The van der Waals surface area contributed by atoms with Crippen molar-refractivity contribution in [3.63, 3.8) is 0 Å². The summed E-state index contributed by atoms with van der Waals surface area (Å²) in [6, 6.07) is 24.1. The van der Waals surface area contributed by atoms with E-state index < -0.39 is 0 Å². The van der Waals surface area contributed by atoms with Gasteiger partial charge in [0.2, 0.25) is 11.8 Å². The summed E-state index contributed by atoms with van der Waals surface area (Å²) in [6.45, 7) is 1.03. The molecule has 0 aliphatic carbocycles. The molecule has 28 heavy (non-hydrogen) atoms. The average Bonchev–Trinajstić information content (AvgIpc) is 3.45. The molecule has 2 aromatic carbocycles. The van der Waals surface area contributed by atoms with Crippen molar-refractivity contribution in [3.05, 3.63) is 101 Å². The second-order valence-corrected chi connectivity index (χ2v) is 6.74. The van der Waals surface area contributed by atoms with Crippen molar-refractivity contribution in [2.45, 2.75) is 12.1 Å². The molecule has 0 fully saturated rings. The van der Waals surface area contributed by atoms with Crippen LogP contribution in [-0.4, -0.2) is 30.0 Å². The number of hydrogen-bond donors (Lipinski definition) is 0. The van der Waals surface area contributed by atoms with E-state index >= 15 is 0 Å². The maximum absolute atomic E-state index is 5.92. The van der Waals surface area contributed by atoms with Crippen molar-refractivity contribution in [1.82, 2.24) is 4.98 Å². The monoisotopic (exact) mass is 369 g/mol. The Bertz CT molecular complexity index is 947. The van der Waals surface area contributed by atoms with Gasteiger partial charge in [-0.1, -0.05) is 60.7 Å². The van der Waals surface area contributed by atoms with E-state index in [-0.39, 0.29) is 12.1 Å². The van der Waals surface area contributed by atoms with Gasteiger partial charge in [0, 0.05) is 6.20 Å². The van der Waals surface area contributed by atoms with E-state index in [1.165, 1.54) is 0 Å². The summed E-state index contributed by atoms with van der Waals surface area (Å²) in [5.41, 5.74) is 3.76. The first kappa shape index (κ1) is 16.7. The Kier molecular flexibility index (Phi) is 4.33. The van der Waals surface area contributed by atoms with Gasteiger partial charge in [-0.3, -0.25) is 4.98 Å². The molecule has 1 aromatic heterocycles. The molecule has 0 saturated heterocycles. The minimum atomic E-state index is -0.0189. The van der Waals surface area contributed by atoms with Crippen LogP contribution < -0.4 is 0 Å². The summed E-state index contributed by atoms with van der Waals surface area (Å²) in [6.07, 6.45) is 1.74. The molecule has 0 radical (unpaired) electrons. The van der Waals surface area contributed by atoms with Gasteiger partial charge in [-0.25, -0.2) is 9.98 Å². The van der Waals surface area contributed by atoms with Gasteiger partial charge in [0.1, 0.15) is 31.0 Å². The summed E-state index contributed by atoms with van der Waals surface area (Å²) in [5.74, 6) is 1.13. The molecule has 2 aliphatic heterocycles. The minimum absolute atomic E-state index is 0.00671. The summed E-state index contributed by atoms with van der Waals surface area (Å²) < 4.78 is 11.8. The number of benzene rings is 2. The van der Waals surface area contributed by atoms with Gasteiger partial charge in [-0.2, -0.15) is 0 Å². The number of hydrogen-bond acceptors (Lipinski definition) is 5. The van der Waals surface area contributed by atoms with Crippen LogP contribution >= 0.6 is 0 Å². The summed E-state index contributed by atoms with van der Waals surface area (Å²) >= 11 is 0. The van der Waals surface area contributed by atoms with E-state index in [9.17, 15) is 0 Å². The quantitative estimate of drug-likeness (QED) is 0.695. The molecule has 5 heteroatoms. The zero-order valence-electron chi connectivity index (χ0n) is 15.2. The molecule has 0 N–H and O–H groups in total. The van der Waals surface area contributed by atoms with E-state index in [0.29, 0.717) is 30.7 Å². The fraction of sp³-hybridized carbons (Fsp3) is 0.174. The molecule has 3 heterocycles. The largest absolute Gasteiger partial charge is 0.475 e. The van der Waals surface area contributed by atoms with Crippen molar-refractivity contribution in [2.75, 3.05) is 13.2 Å². The van der Waals surface area contributed by atoms with E-state index in [4.69, 9.17) is 19.5 Å². The zero-order valence-corrected chi connectivity index (χ0v) is 15.2. The van der Waals surface area contributed by atoms with Crippen LogP contribution in [0.4, 0.5) is 0 Å². The highest BCUT2D eigenvalue weighted by atomic mass is 16.5. The van der Waals surface area contributed by atoms with Gasteiger partial charge in [0.15, 0.2) is 0 Å². The van der Waals surface area contributed by atoms with Gasteiger partial charge in [-0.15, -0.1) is 0 Å². The number of ether oxygens (including phenoxy) is 2. The first-order valence-electron chi connectivity index (χ1n) is 9.35. The van der Waals surface area contributed by atoms with Crippen molar-refractivity contribution in [1.29, 1.82) is 0 Å². The Balaban J connectivity index is 1.46. The van der Waals surface area contributed by atoms with Crippen LogP contribution in [0.2, 0.25) is 0 Å². The molecular formula is C23H19N3O2. The second kappa shape index (κ2) is 7.27. The Morgan fingerprint density at radius 3 is 1.86 bits per heavy atom. The van der Waals surface area contributed by atoms with Gasteiger partial charge in [0.25, 0.3) is 0 Å². The first-order chi connectivity index (χ1) is 13.9. The first-order valence-corrected chi connectivity index (χ1v) is 9.35. The lowest BCUT2D eigenvalue weighted by molar-refractivity contribution is 0.315. The molecule has 0 amide bonds. The third-order valence-electron chi connectivity index (χ3n) is 4.91. The van der Waals surface area contributed by atoms with Crippen LogP contribution in [0.3, 0.4) is 0 Å². The molecule has 0 saturated carbocycles. The van der Waals surface area contributed by atoms with Crippen molar-refractivity contribution >= 4 is 11.8 Å². The highest BCUT2D eigenvalue weighted by molar-refractivity contribution is 6.06. The maximum atomic E-state index is 5.92. The number of nitrogens with zero attached hydrogens (tertiary/aromatic N) is 3. The Morgan fingerprint density at radius 1 is 0.643 bits per heavy atom. The summed E-state index contributed by atoms with van der Waals surface area (Å²) in [5, 5.41) is 0. The smallest absolute Gasteiger partial charge is 0.236 e. The van der Waals surface area contributed by atoms with Crippen molar-refractivity contribution in [3.8, 4) is 0 Å². The minimum Gasteiger partial charge on any atom is -0.475 e. The zero-order chi connectivity index (χ0) is 18.8. The Labute approximate surface area is 163 Å². The fourth-order valence-electron chi connectivity index (χ4n) is 3.46. The molecule has 138 valence electrons. The molecule has 2 aliphatic rings. The SMILES string of the molecule is c1ccc(C2COC(c3cccnc3C3=NC(c4ccccc4)CO3)=N2)cc1. The average molecular weight is 369 g/mol. The Hall–Kier alpha value is -3.47. The second-order valence-electron chi connectivity index (χ2n) is 6.74. The molecular weight excluding hydrogens is 350 g/mol. The van der Waals surface area contributed by atoms with E-state index in [1.807, 2.05) is 48.5 Å². The summed E-state index contributed by atoms with van der Waals surface area (Å²) in [4.78, 5) is 14.1. The van der Waals surface area contributed by atoms with Crippen LogP contribution in [0.25, 0.3) is 0 Å². The summed E-state index contributed by atoms with van der Waals surface area (Å²) in [7, 11) is 0. The Morgan fingerprint density at radius 2 is 1.21 bits per heavy atom. The van der Waals surface area contributed by atoms with Crippen LogP contribution in [0, 0.1) is 0 Å². The molecule has 2 unspecified atom stereocenters. The standard InChI is InChI=1S/C23H19N3O2/c1-3-8-16(9-4-1)19-14-27-22(25-19)18-12-7-13-24-21(18)23-26-20(15-28-23)17-10-5-2-6-11-17/h1-13,19-20H,14-15H2. The fourth-order valence-corrected chi connectivity index (χ4v) is 3.46. The van der Waals surface area contributed by atoms with E-state index in [2.05, 4.69) is 29.2 Å². The number of aliphatic imine (C=N–C) groups is 2. The van der Waals surface area contributed by atoms with Crippen LogP contribution in [-0.2, 0) is 9.47 Å². The highest BCUT2D eigenvalue weighted by Crippen LogP contribution is 2.28. The molecule has 3 aromatic rings. The van der Waals surface area contributed by atoms with Crippen molar-refractivity contribution < 1.29 is 9.47 Å². The third-order valence-corrected chi connectivity index (χ3v) is 4.91. The van der Waals surface area contributed by atoms with Crippen molar-refractivity contribution in [2.24, 2.45) is 9.98 Å². The molecule has 5 nitrogen and oxygen atoms in total. The normalized spacial score (nSPS) is 20.9. The predicted octanol–water partition coefficient (Wildman–Crippen LogP) is 4.12. The lowest BCUT2D eigenvalue weighted by Crippen LogP contribution is -2.13. The topological polar surface area (TPSA) is 56.1 Å². The number of rotatable bonds is 4. The molecule has 5 rings (SSSR count). The maximum Gasteiger partial charge on any atom is 0.236 e. The third kappa shape index (κ3) is 3.16. The van der Waals surface area contributed by atoms with Gasteiger partial charge >= 0.3 is 0 Å². The highest BCUT2D eigenvalue weighted by Gasteiger charge is 2.29. The van der Waals surface area contributed by atoms with Crippen LogP contribution in [0.15, 0.2) is 89.0 Å². The number of pyridine rings is 1. The van der Waals surface area contributed by atoms with Gasteiger partial charge in [0.05, 0.1) is 5.56 Å². The van der Waals surface area contributed by atoms with Crippen LogP contribution in [0.1, 0.15) is 34.5 Å². The van der Waals surface area contributed by atoms with E-state index in [0.717, 1.165) is 16.7 Å². The lowest BCUT2D eigenvalue weighted by Gasteiger charge is -2.07. The lowest BCUT2D eigenvalue weighted by atomic mass is 10.1. The molecule has 0 spiro atoms. The molecule has 0 bridgehead atoms.